The second kappa shape index (κ2) is 5.83. The molecule has 15 heavy (non-hydrogen) atoms. The van der Waals surface area contributed by atoms with Crippen LogP contribution in [0.25, 0.3) is 0 Å². The molecule has 1 aliphatic heterocycles. The van der Waals surface area contributed by atoms with E-state index >= 15 is 0 Å². The lowest BCUT2D eigenvalue weighted by Gasteiger charge is -2.41. The van der Waals surface area contributed by atoms with Crippen LogP contribution in [0, 0.1) is 11.8 Å². The van der Waals surface area contributed by atoms with Crippen molar-refractivity contribution in [2.24, 2.45) is 17.6 Å². The van der Waals surface area contributed by atoms with Crippen LogP contribution in [0.3, 0.4) is 0 Å². The van der Waals surface area contributed by atoms with Gasteiger partial charge in [0, 0.05) is 19.7 Å². The summed E-state index contributed by atoms with van der Waals surface area (Å²) >= 11 is 0. The average Bonchev–Trinajstić information content (AvgIpc) is 2.27. The van der Waals surface area contributed by atoms with Crippen LogP contribution in [0.1, 0.15) is 27.2 Å². The van der Waals surface area contributed by atoms with Gasteiger partial charge in [-0.2, -0.15) is 0 Å². The molecule has 3 heteroatoms. The van der Waals surface area contributed by atoms with E-state index in [-0.39, 0.29) is 0 Å². The van der Waals surface area contributed by atoms with Gasteiger partial charge < -0.3 is 10.5 Å². The standard InChI is InChI=1S/C12H26N2O/c1-9-5-6-14(8-12(9)7-13)10(2)11(3)15-4/h9-12H,5-8,13H2,1-4H3. The fourth-order valence-corrected chi connectivity index (χ4v) is 2.35. The molecule has 0 bridgehead atoms. The van der Waals surface area contributed by atoms with E-state index < -0.39 is 0 Å². The molecule has 0 aromatic carbocycles. The van der Waals surface area contributed by atoms with Crippen LogP contribution in [0.5, 0.6) is 0 Å². The van der Waals surface area contributed by atoms with Crippen molar-refractivity contribution >= 4 is 0 Å². The molecular weight excluding hydrogens is 188 g/mol. The lowest BCUT2D eigenvalue weighted by Crippen LogP contribution is -2.50. The van der Waals surface area contributed by atoms with Gasteiger partial charge in [-0.25, -0.2) is 0 Å². The zero-order valence-corrected chi connectivity index (χ0v) is 10.6. The third-order valence-corrected chi connectivity index (χ3v) is 4.08. The SMILES string of the molecule is COC(C)C(C)N1CCC(C)C(CN)C1. The third kappa shape index (κ3) is 3.16. The Labute approximate surface area is 94.0 Å². The average molecular weight is 214 g/mol. The smallest absolute Gasteiger partial charge is 0.0695 e. The Bertz CT molecular complexity index is 186. The maximum atomic E-state index is 5.81. The number of hydrogen-bond acceptors (Lipinski definition) is 3. The Morgan fingerprint density at radius 3 is 2.67 bits per heavy atom. The number of hydrogen-bond donors (Lipinski definition) is 1. The van der Waals surface area contributed by atoms with E-state index in [9.17, 15) is 0 Å². The van der Waals surface area contributed by atoms with Crippen LogP contribution in [-0.4, -0.2) is 43.8 Å². The minimum atomic E-state index is 0.303. The number of methoxy groups -OCH3 is 1. The van der Waals surface area contributed by atoms with Gasteiger partial charge in [0.05, 0.1) is 6.10 Å². The Kier molecular flexibility index (Phi) is 5.03. The van der Waals surface area contributed by atoms with Gasteiger partial charge >= 0.3 is 0 Å². The van der Waals surface area contributed by atoms with E-state index in [0.717, 1.165) is 19.0 Å². The summed E-state index contributed by atoms with van der Waals surface area (Å²) in [4.78, 5) is 2.52. The summed E-state index contributed by atoms with van der Waals surface area (Å²) < 4.78 is 5.39. The van der Waals surface area contributed by atoms with Gasteiger partial charge in [-0.3, -0.25) is 4.90 Å². The van der Waals surface area contributed by atoms with Crippen molar-refractivity contribution in [2.45, 2.75) is 39.3 Å². The molecular formula is C12H26N2O. The molecule has 90 valence electrons. The lowest BCUT2D eigenvalue weighted by atomic mass is 9.86. The largest absolute Gasteiger partial charge is 0.380 e. The molecule has 3 nitrogen and oxygen atoms in total. The number of rotatable bonds is 4. The van der Waals surface area contributed by atoms with Crippen molar-refractivity contribution in [3.05, 3.63) is 0 Å². The molecule has 2 N–H and O–H groups in total. The highest BCUT2D eigenvalue weighted by Gasteiger charge is 2.29. The summed E-state index contributed by atoms with van der Waals surface area (Å²) in [7, 11) is 1.79. The van der Waals surface area contributed by atoms with E-state index in [4.69, 9.17) is 10.5 Å². The first-order chi connectivity index (χ1) is 7.10. The van der Waals surface area contributed by atoms with Crippen LogP contribution >= 0.6 is 0 Å². The van der Waals surface area contributed by atoms with Crippen molar-refractivity contribution in [1.29, 1.82) is 0 Å². The first kappa shape index (κ1) is 12.9. The second-order valence-electron chi connectivity index (χ2n) is 4.94. The molecule has 0 saturated carbocycles. The Balaban J connectivity index is 2.50. The zero-order chi connectivity index (χ0) is 11.4. The van der Waals surface area contributed by atoms with E-state index in [2.05, 4.69) is 25.7 Å². The number of ether oxygens (including phenoxy) is 1. The van der Waals surface area contributed by atoms with Gasteiger partial charge in [0.1, 0.15) is 0 Å². The van der Waals surface area contributed by atoms with E-state index in [1.54, 1.807) is 7.11 Å². The Morgan fingerprint density at radius 2 is 2.13 bits per heavy atom. The fourth-order valence-electron chi connectivity index (χ4n) is 2.35. The molecule has 0 aromatic rings. The number of nitrogens with zero attached hydrogens (tertiary/aromatic N) is 1. The maximum Gasteiger partial charge on any atom is 0.0695 e. The predicted octanol–water partition coefficient (Wildman–Crippen LogP) is 1.33. The first-order valence-electron chi connectivity index (χ1n) is 6.07. The van der Waals surface area contributed by atoms with E-state index in [0.29, 0.717) is 18.1 Å². The summed E-state index contributed by atoms with van der Waals surface area (Å²) in [6, 6.07) is 0.497. The van der Waals surface area contributed by atoms with E-state index in [1.165, 1.54) is 13.0 Å². The molecule has 1 heterocycles. The van der Waals surface area contributed by atoms with Crippen molar-refractivity contribution in [3.8, 4) is 0 Å². The van der Waals surface area contributed by atoms with Crippen LogP contribution in [0.4, 0.5) is 0 Å². The van der Waals surface area contributed by atoms with Crippen LogP contribution < -0.4 is 5.73 Å². The van der Waals surface area contributed by atoms with Gasteiger partial charge in [-0.1, -0.05) is 6.92 Å². The van der Waals surface area contributed by atoms with Gasteiger partial charge in [0.15, 0.2) is 0 Å². The molecule has 0 radical (unpaired) electrons. The summed E-state index contributed by atoms with van der Waals surface area (Å²) in [5.74, 6) is 1.43. The molecule has 1 fully saturated rings. The van der Waals surface area contributed by atoms with Crippen molar-refractivity contribution in [3.63, 3.8) is 0 Å². The minimum absolute atomic E-state index is 0.303. The van der Waals surface area contributed by atoms with Crippen molar-refractivity contribution in [1.82, 2.24) is 4.90 Å². The summed E-state index contributed by atoms with van der Waals surface area (Å²) in [5, 5.41) is 0. The highest BCUT2D eigenvalue weighted by atomic mass is 16.5. The lowest BCUT2D eigenvalue weighted by molar-refractivity contribution is 0.00585. The third-order valence-electron chi connectivity index (χ3n) is 4.08. The second-order valence-corrected chi connectivity index (χ2v) is 4.94. The summed E-state index contributed by atoms with van der Waals surface area (Å²) in [6.45, 7) is 9.84. The minimum Gasteiger partial charge on any atom is -0.380 e. The molecule has 4 atom stereocenters. The molecule has 0 amide bonds. The Hall–Kier alpha value is -0.120. The predicted molar refractivity (Wildman–Crippen MR) is 63.8 cm³/mol. The number of likely N-dealkylation sites (tertiary alicyclic amines) is 1. The van der Waals surface area contributed by atoms with Crippen LogP contribution in [0.2, 0.25) is 0 Å². The number of piperidine rings is 1. The maximum absolute atomic E-state index is 5.81. The molecule has 1 aliphatic rings. The molecule has 1 saturated heterocycles. The highest BCUT2D eigenvalue weighted by molar-refractivity contribution is 4.83. The van der Waals surface area contributed by atoms with Gasteiger partial charge in [-0.05, 0) is 45.2 Å². The Morgan fingerprint density at radius 1 is 1.47 bits per heavy atom. The highest BCUT2D eigenvalue weighted by Crippen LogP contribution is 2.24. The summed E-state index contributed by atoms with van der Waals surface area (Å²) in [6.07, 6.45) is 1.57. The molecule has 0 aliphatic carbocycles. The van der Waals surface area contributed by atoms with Gasteiger partial charge in [0.2, 0.25) is 0 Å². The quantitative estimate of drug-likeness (QED) is 0.767. The van der Waals surface area contributed by atoms with Crippen molar-refractivity contribution < 1.29 is 4.74 Å². The van der Waals surface area contributed by atoms with Gasteiger partial charge in [-0.15, -0.1) is 0 Å². The molecule has 0 spiro atoms. The normalized spacial score (nSPS) is 32.6. The van der Waals surface area contributed by atoms with Crippen molar-refractivity contribution in [2.75, 3.05) is 26.7 Å². The fraction of sp³-hybridized carbons (Fsp3) is 1.00. The molecule has 1 rings (SSSR count). The van der Waals surface area contributed by atoms with Gasteiger partial charge in [0.25, 0.3) is 0 Å². The monoisotopic (exact) mass is 214 g/mol. The first-order valence-corrected chi connectivity index (χ1v) is 6.07. The zero-order valence-electron chi connectivity index (χ0n) is 10.6. The molecule has 0 aromatic heterocycles. The molecule has 4 unspecified atom stereocenters. The van der Waals surface area contributed by atoms with E-state index in [1.807, 2.05) is 0 Å². The topological polar surface area (TPSA) is 38.5 Å². The van der Waals surface area contributed by atoms with Crippen LogP contribution in [-0.2, 0) is 4.74 Å². The summed E-state index contributed by atoms with van der Waals surface area (Å²) in [5.41, 5.74) is 5.81. The number of nitrogens with two attached hydrogens (primary N) is 1. The van der Waals surface area contributed by atoms with Crippen LogP contribution in [0.15, 0.2) is 0 Å².